The Morgan fingerprint density at radius 1 is 1.45 bits per heavy atom. The molecule has 1 aromatic heterocycles. The topological polar surface area (TPSA) is 59.5 Å². The van der Waals surface area contributed by atoms with Crippen LogP contribution in [0.5, 0.6) is 0 Å². The zero-order valence-corrected chi connectivity index (χ0v) is 13.4. The SMILES string of the molecule is CN(CCOCC1CC1)S(=O)(=O)c1cnc(Cl)c(Cl)c1. The Hall–Kier alpha value is -0.400. The van der Waals surface area contributed by atoms with Crippen LogP contribution in [0, 0.1) is 5.92 Å². The van der Waals surface area contributed by atoms with Crippen LogP contribution >= 0.6 is 23.2 Å². The van der Waals surface area contributed by atoms with E-state index in [0.29, 0.717) is 19.1 Å². The Bertz CT molecular complexity index is 576. The van der Waals surface area contributed by atoms with Gasteiger partial charge in [0.2, 0.25) is 10.0 Å². The fourth-order valence-electron chi connectivity index (χ4n) is 1.57. The molecule has 0 saturated heterocycles. The highest BCUT2D eigenvalue weighted by molar-refractivity contribution is 7.89. The van der Waals surface area contributed by atoms with Gasteiger partial charge < -0.3 is 4.74 Å². The third-order valence-electron chi connectivity index (χ3n) is 3.08. The van der Waals surface area contributed by atoms with E-state index in [9.17, 15) is 8.42 Å². The van der Waals surface area contributed by atoms with Crippen LogP contribution in [-0.2, 0) is 14.8 Å². The molecule has 1 fully saturated rings. The minimum Gasteiger partial charge on any atom is -0.380 e. The summed E-state index contributed by atoms with van der Waals surface area (Å²) in [5.41, 5.74) is 0. The summed E-state index contributed by atoms with van der Waals surface area (Å²) in [5, 5.41) is 0.201. The van der Waals surface area contributed by atoms with Crippen molar-refractivity contribution in [1.29, 1.82) is 0 Å². The molecule has 0 bridgehead atoms. The van der Waals surface area contributed by atoms with Crippen molar-refractivity contribution >= 4 is 33.2 Å². The lowest BCUT2D eigenvalue weighted by Gasteiger charge is -2.17. The second-order valence-electron chi connectivity index (χ2n) is 4.79. The Morgan fingerprint density at radius 3 is 2.75 bits per heavy atom. The van der Waals surface area contributed by atoms with Crippen LogP contribution in [0.25, 0.3) is 0 Å². The standard InChI is InChI=1S/C12H16Cl2N2O3S/c1-16(4-5-19-8-9-2-3-9)20(17,18)10-6-11(13)12(14)15-7-10/h6-7,9H,2-5,8H2,1H3. The lowest BCUT2D eigenvalue weighted by molar-refractivity contribution is 0.117. The van der Waals surface area contributed by atoms with Crippen molar-refractivity contribution in [3.05, 3.63) is 22.4 Å². The summed E-state index contributed by atoms with van der Waals surface area (Å²) in [6.07, 6.45) is 3.62. The molecule has 8 heteroatoms. The normalized spacial score (nSPS) is 15.8. The number of likely N-dealkylation sites (N-methyl/N-ethyl adjacent to an activating group) is 1. The summed E-state index contributed by atoms with van der Waals surface area (Å²) in [7, 11) is -2.12. The van der Waals surface area contributed by atoms with Crippen molar-refractivity contribution < 1.29 is 13.2 Å². The zero-order valence-electron chi connectivity index (χ0n) is 11.1. The summed E-state index contributed by atoms with van der Waals surface area (Å²) in [6, 6.07) is 1.30. The molecule has 1 heterocycles. The van der Waals surface area contributed by atoms with E-state index in [1.165, 1.54) is 36.5 Å². The van der Waals surface area contributed by atoms with Crippen LogP contribution in [0.4, 0.5) is 0 Å². The molecule has 0 atom stereocenters. The van der Waals surface area contributed by atoms with Crippen LogP contribution in [0.2, 0.25) is 10.2 Å². The summed E-state index contributed by atoms with van der Waals surface area (Å²) in [4.78, 5) is 3.78. The first kappa shape index (κ1) is 16.0. The van der Waals surface area contributed by atoms with Gasteiger partial charge >= 0.3 is 0 Å². The molecule has 112 valence electrons. The number of sulfonamides is 1. The third-order valence-corrected chi connectivity index (χ3v) is 5.59. The Morgan fingerprint density at radius 2 is 2.15 bits per heavy atom. The zero-order chi connectivity index (χ0) is 14.8. The summed E-state index contributed by atoms with van der Waals surface area (Å²) in [6.45, 7) is 1.37. The summed E-state index contributed by atoms with van der Waals surface area (Å²) in [5.74, 6) is 0.663. The number of hydrogen-bond donors (Lipinski definition) is 0. The molecule has 0 spiro atoms. The van der Waals surface area contributed by atoms with Crippen molar-refractivity contribution in [3.8, 4) is 0 Å². The van der Waals surface area contributed by atoms with Gasteiger partial charge in [-0.05, 0) is 24.8 Å². The van der Waals surface area contributed by atoms with Crippen LogP contribution in [0.3, 0.4) is 0 Å². The van der Waals surface area contributed by atoms with E-state index in [1.807, 2.05) is 0 Å². The van der Waals surface area contributed by atoms with Crippen molar-refractivity contribution in [3.63, 3.8) is 0 Å². The number of rotatable bonds is 7. The molecule has 1 aromatic rings. The van der Waals surface area contributed by atoms with Gasteiger partial charge in [0.1, 0.15) is 10.0 Å². The van der Waals surface area contributed by atoms with Crippen LogP contribution in [-0.4, -0.2) is 44.5 Å². The van der Waals surface area contributed by atoms with E-state index in [-0.39, 0.29) is 21.6 Å². The van der Waals surface area contributed by atoms with E-state index >= 15 is 0 Å². The molecular formula is C12H16Cl2N2O3S. The Balaban J connectivity index is 1.94. The van der Waals surface area contributed by atoms with Crippen molar-refractivity contribution in [2.24, 2.45) is 5.92 Å². The quantitative estimate of drug-likeness (QED) is 0.565. The van der Waals surface area contributed by atoms with Crippen molar-refractivity contribution in [1.82, 2.24) is 9.29 Å². The van der Waals surface area contributed by atoms with E-state index in [0.717, 1.165) is 0 Å². The molecule has 0 N–H and O–H groups in total. The van der Waals surface area contributed by atoms with Gasteiger partial charge in [0.05, 0.1) is 11.6 Å². The van der Waals surface area contributed by atoms with Gasteiger partial charge in [0.15, 0.2) is 0 Å². The molecule has 20 heavy (non-hydrogen) atoms. The number of aromatic nitrogens is 1. The largest absolute Gasteiger partial charge is 0.380 e. The highest BCUT2D eigenvalue weighted by Gasteiger charge is 2.23. The average Bonchev–Trinajstić information content (AvgIpc) is 3.21. The molecule has 0 aromatic carbocycles. The fraction of sp³-hybridized carbons (Fsp3) is 0.583. The van der Waals surface area contributed by atoms with Gasteiger partial charge in [-0.15, -0.1) is 0 Å². The van der Waals surface area contributed by atoms with Crippen LogP contribution in [0.1, 0.15) is 12.8 Å². The number of halogens is 2. The Kier molecular flexibility index (Phi) is 5.25. The van der Waals surface area contributed by atoms with Gasteiger partial charge in [-0.3, -0.25) is 0 Å². The minimum atomic E-state index is -3.62. The molecular weight excluding hydrogens is 323 g/mol. The van der Waals surface area contributed by atoms with Crippen molar-refractivity contribution in [2.75, 3.05) is 26.8 Å². The molecule has 0 aliphatic heterocycles. The molecule has 5 nitrogen and oxygen atoms in total. The Labute approximate surface area is 128 Å². The van der Waals surface area contributed by atoms with E-state index in [4.69, 9.17) is 27.9 Å². The second kappa shape index (κ2) is 6.58. The van der Waals surface area contributed by atoms with Gasteiger partial charge in [-0.2, -0.15) is 4.31 Å². The van der Waals surface area contributed by atoms with Crippen LogP contribution < -0.4 is 0 Å². The van der Waals surface area contributed by atoms with Gasteiger partial charge in [0, 0.05) is 26.4 Å². The fourth-order valence-corrected chi connectivity index (χ4v) is 3.03. The van der Waals surface area contributed by atoms with E-state index in [1.54, 1.807) is 0 Å². The predicted molar refractivity (Wildman–Crippen MR) is 77.6 cm³/mol. The highest BCUT2D eigenvalue weighted by Crippen LogP contribution is 2.28. The number of hydrogen-bond acceptors (Lipinski definition) is 4. The molecule has 1 aliphatic carbocycles. The first-order chi connectivity index (χ1) is 9.41. The number of nitrogens with zero attached hydrogens (tertiary/aromatic N) is 2. The highest BCUT2D eigenvalue weighted by atomic mass is 35.5. The van der Waals surface area contributed by atoms with Crippen molar-refractivity contribution in [2.45, 2.75) is 17.7 Å². The lowest BCUT2D eigenvalue weighted by atomic mass is 10.5. The monoisotopic (exact) mass is 338 g/mol. The predicted octanol–water partition coefficient (Wildman–Crippen LogP) is 2.44. The number of ether oxygens (including phenoxy) is 1. The van der Waals surface area contributed by atoms with E-state index < -0.39 is 10.0 Å². The molecule has 0 amide bonds. The first-order valence-electron chi connectivity index (χ1n) is 6.26. The third kappa shape index (κ3) is 4.05. The van der Waals surface area contributed by atoms with Gasteiger partial charge in [-0.1, -0.05) is 23.2 Å². The maximum atomic E-state index is 12.3. The van der Waals surface area contributed by atoms with Crippen LogP contribution in [0.15, 0.2) is 17.2 Å². The average molecular weight is 339 g/mol. The summed E-state index contributed by atoms with van der Waals surface area (Å²) >= 11 is 11.5. The maximum absolute atomic E-state index is 12.3. The van der Waals surface area contributed by atoms with Gasteiger partial charge in [-0.25, -0.2) is 13.4 Å². The first-order valence-corrected chi connectivity index (χ1v) is 8.46. The maximum Gasteiger partial charge on any atom is 0.244 e. The van der Waals surface area contributed by atoms with E-state index in [2.05, 4.69) is 4.98 Å². The molecule has 0 unspecified atom stereocenters. The molecule has 0 radical (unpaired) electrons. The molecule has 1 saturated carbocycles. The summed E-state index contributed by atoms with van der Waals surface area (Å²) < 4.78 is 31.2. The smallest absolute Gasteiger partial charge is 0.244 e. The number of pyridine rings is 1. The molecule has 1 aliphatic rings. The van der Waals surface area contributed by atoms with Gasteiger partial charge in [0.25, 0.3) is 0 Å². The lowest BCUT2D eigenvalue weighted by Crippen LogP contribution is -2.30. The molecule has 2 rings (SSSR count). The minimum absolute atomic E-state index is 0.0246. The second-order valence-corrected chi connectivity index (χ2v) is 7.60.